The number of para-hydroxylation sites is 1. The second-order valence-electron chi connectivity index (χ2n) is 6.65. The van der Waals surface area contributed by atoms with E-state index in [-0.39, 0.29) is 6.10 Å². The third-order valence-corrected chi connectivity index (χ3v) is 5.19. The van der Waals surface area contributed by atoms with Crippen LogP contribution in [0.1, 0.15) is 24.5 Å². The third-order valence-electron chi connectivity index (χ3n) is 4.04. The van der Waals surface area contributed by atoms with Gasteiger partial charge in [-0.2, -0.15) is 0 Å². The molecule has 7 heteroatoms. The topological polar surface area (TPSA) is 87.1 Å². The first kappa shape index (κ1) is 22.5. The molecular formula is C22H25NO5S. The quantitative estimate of drug-likeness (QED) is 0.679. The Kier molecular flexibility index (Phi) is 8.76. The number of nitrogens with zero attached hydrogens (tertiary/aromatic N) is 1. The van der Waals surface area contributed by atoms with Crippen molar-refractivity contribution in [3.05, 3.63) is 66.2 Å². The molecule has 1 unspecified atom stereocenters. The van der Waals surface area contributed by atoms with Crippen LogP contribution in [0.5, 0.6) is 5.75 Å². The molecule has 0 spiro atoms. The summed E-state index contributed by atoms with van der Waals surface area (Å²) in [7, 11) is 4.24. The Hall–Kier alpha value is -2.77. The van der Waals surface area contributed by atoms with Crippen molar-refractivity contribution in [1.29, 1.82) is 0 Å². The lowest BCUT2D eigenvalue weighted by Gasteiger charge is -2.20. The van der Waals surface area contributed by atoms with Gasteiger partial charge in [-0.25, -0.2) is 9.59 Å². The highest BCUT2D eigenvalue weighted by Gasteiger charge is 2.23. The van der Waals surface area contributed by atoms with Gasteiger partial charge in [-0.05, 0) is 51.7 Å². The summed E-state index contributed by atoms with van der Waals surface area (Å²) in [5, 5.41) is 15.6. The molecule has 1 atom stereocenters. The van der Waals surface area contributed by atoms with E-state index >= 15 is 0 Å². The predicted octanol–water partition coefficient (Wildman–Crippen LogP) is 4.32. The van der Waals surface area contributed by atoms with Crippen molar-refractivity contribution >= 4 is 23.7 Å². The lowest BCUT2D eigenvalue weighted by atomic mass is 10.0. The number of ether oxygens (including phenoxy) is 1. The lowest BCUT2D eigenvalue weighted by molar-refractivity contribution is -0.134. The van der Waals surface area contributed by atoms with Crippen LogP contribution < -0.4 is 4.74 Å². The molecule has 2 aromatic rings. The number of rotatable bonds is 6. The third kappa shape index (κ3) is 7.63. The standard InChI is InChI=1S/C18H21NOS.C4H4O4/c1-19(2)13-7-10-15-14-8-3-5-11-17(14)21-18-12-6-4-9-16(18)20-15;5-3(6)1-2-4(7)8/h3-6,8-9,11-12,15H,7,10,13H2,1-2H3;1-2H,(H,5,6)(H,7,8). The highest BCUT2D eigenvalue weighted by Crippen LogP contribution is 2.44. The summed E-state index contributed by atoms with van der Waals surface area (Å²) in [5.74, 6) is -1.51. The van der Waals surface area contributed by atoms with Crippen molar-refractivity contribution in [1.82, 2.24) is 4.90 Å². The normalized spacial score (nSPS) is 14.8. The van der Waals surface area contributed by atoms with Crippen LogP contribution in [0, 0.1) is 0 Å². The minimum absolute atomic E-state index is 0.150. The van der Waals surface area contributed by atoms with Crippen LogP contribution in [0.4, 0.5) is 0 Å². The maximum absolute atomic E-state index is 9.55. The van der Waals surface area contributed by atoms with Gasteiger partial charge in [-0.3, -0.25) is 0 Å². The number of fused-ring (bicyclic) bond motifs is 2. The van der Waals surface area contributed by atoms with Crippen molar-refractivity contribution in [2.24, 2.45) is 0 Å². The molecule has 0 bridgehead atoms. The summed E-state index contributed by atoms with van der Waals surface area (Å²) in [6.45, 7) is 1.09. The summed E-state index contributed by atoms with van der Waals surface area (Å²) < 4.78 is 6.33. The van der Waals surface area contributed by atoms with Crippen LogP contribution in [0.3, 0.4) is 0 Å². The molecule has 2 N–H and O–H groups in total. The number of hydrogen-bond acceptors (Lipinski definition) is 5. The van der Waals surface area contributed by atoms with Gasteiger partial charge in [0.2, 0.25) is 0 Å². The summed E-state index contributed by atoms with van der Waals surface area (Å²) >= 11 is 1.81. The molecule has 0 saturated heterocycles. The molecule has 0 saturated carbocycles. The zero-order valence-electron chi connectivity index (χ0n) is 16.4. The number of carboxylic acid groups (broad SMARTS) is 2. The molecule has 29 heavy (non-hydrogen) atoms. The van der Waals surface area contributed by atoms with Crippen LogP contribution in [0.25, 0.3) is 0 Å². The first-order valence-corrected chi connectivity index (χ1v) is 9.99. The van der Waals surface area contributed by atoms with Gasteiger partial charge in [0.05, 0.1) is 4.90 Å². The van der Waals surface area contributed by atoms with Crippen molar-refractivity contribution in [3.8, 4) is 5.75 Å². The average molecular weight is 416 g/mol. The van der Waals surface area contributed by atoms with E-state index in [0.717, 1.165) is 25.1 Å². The Morgan fingerprint density at radius 1 is 1.00 bits per heavy atom. The molecule has 0 amide bonds. The molecule has 1 aliphatic heterocycles. The number of aliphatic carboxylic acids is 2. The molecule has 3 rings (SSSR count). The van der Waals surface area contributed by atoms with E-state index < -0.39 is 11.9 Å². The Bertz CT molecular complexity index is 850. The van der Waals surface area contributed by atoms with Crippen molar-refractivity contribution in [3.63, 3.8) is 0 Å². The molecule has 0 radical (unpaired) electrons. The van der Waals surface area contributed by atoms with Gasteiger partial charge in [0, 0.05) is 22.6 Å². The van der Waals surface area contributed by atoms with Crippen LogP contribution in [0.15, 0.2) is 70.5 Å². The molecule has 154 valence electrons. The summed E-state index contributed by atoms with van der Waals surface area (Å²) in [6, 6.07) is 17.0. The molecular weight excluding hydrogens is 390 g/mol. The Labute approximate surface area is 174 Å². The van der Waals surface area contributed by atoms with Gasteiger partial charge >= 0.3 is 11.9 Å². The van der Waals surface area contributed by atoms with Gasteiger partial charge in [0.15, 0.2) is 0 Å². The second kappa shape index (κ2) is 11.3. The SMILES string of the molecule is CN(C)CCCC1Oc2ccccc2Sc2ccccc21.O=C(O)C=CC(=O)O. The van der Waals surface area contributed by atoms with Gasteiger partial charge in [0.1, 0.15) is 11.9 Å². The lowest BCUT2D eigenvalue weighted by Crippen LogP contribution is -2.15. The Balaban J connectivity index is 0.000000321. The number of benzene rings is 2. The minimum atomic E-state index is -1.26. The first-order valence-electron chi connectivity index (χ1n) is 9.18. The number of carboxylic acids is 2. The Morgan fingerprint density at radius 3 is 2.21 bits per heavy atom. The van der Waals surface area contributed by atoms with E-state index in [1.807, 2.05) is 17.8 Å². The van der Waals surface area contributed by atoms with Crippen molar-refractivity contribution in [2.45, 2.75) is 28.7 Å². The fourth-order valence-electron chi connectivity index (χ4n) is 2.76. The summed E-state index contributed by atoms with van der Waals surface area (Å²) in [4.78, 5) is 23.9. The van der Waals surface area contributed by atoms with Crippen LogP contribution in [-0.4, -0.2) is 47.7 Å². The van der Waals surface area contributed by atoms with Crippen LogP contribution >= 0.6 is 11.8 Å². The molecule has 1 heterocycles. The highest BCUT2D eigenvalue weighted by atomic mass is 32.2. The van der Waals surface area contributed by atoms with E-state index in [0.29, 0.717) is 12.2 Å². The maximum Gasteiger partial charge on any atom is 0.328 e. The summed E-state index contributed by atoms with van der Waals surface area (Å²) in [6.07, 6.45) is 3.45. The smallest absolute Gasteiger partial charge is 0.328 e. The minimum Gasteiger partial charge on any atom is -0.485 e. The maximum atomic E-state index is 9.55. The highest BCUT2D eigenvalue weighted by molar-refractivity contribution is 7.99. The predicted molar refractivity (Wildman–Crippen MR) is 113 cm³/mol. The van der Waals surface area contributed by atoms with Gasteiger partial charge in [0.25, 0.3) is 0 Å². The molecule has 1 aliphatic rings. The van der Waals surface area contributed by atoms with Gasteiger partial charge in [-0.1, -0.05) is 42.1 Å². The summed E-state index contributed by atoms with van der Waals surface area (Å²) in [5.41, 5.74) is 1.32. The van der Waals surface area contributed by atoms with E-state index in [2.05, 4.69) is 61.5 Å². The van der Waals surface area contributed by atoms with E-state index in [4.69, 9.17) is 14.9 Å². The number of hydrogen-bond donors (Lipinski definition) is 2. The fraction of sp³-hybridized carbons (Fsp3) is 0.273. The van der Waals surface area contributed by atoms with Crippen molar-refractivity contribution < 1.29 is 24.5 Å². The second-order valence-corrected chi connectivity index (χ2v) is 7.73. The van der Waals surface area contributed by atoms with Gasteiger partial charge in [-0.15, -0.1) is 0 Å². The van der Waals surface area contributed by atoms with E-state index in [1.54, 1.807) is 0 Å². The molecule has 2 aromatic carbocycles. The van der Waals surface area contributed by atoms with E-state index in [1.165, 1.54) is 15.4 Å². The largest absolute Gasteiger partial charge is 0.485 e. The van der Waals surface area contributed by atoms with Crippen LogP contribution in [0.2, 0.25) is 0 Å². The zero-order chi connectivity index (χ0) is 21.2. The molecule has 0 aliphatic carbocycles. The average Bonchev–Trinajstić information content (AvgIpc) is 2.83. The Morgan fingerprint density at radius 2 is 1.59 bits per heavy atom. The van der Waals surface area contributed by atoms with E-state index in [9.17, 15) is 9.59 Å². The van der Waals surface area contributed by atoms with Crippen molar-refractivity contribution in [2.75, 3.05) is 20.6 Å². The zero-order valence-corrected chi connectivity index (χ0v) is 17.3. The van der Waals surface area contributed by atoms with Crippen LogP contribution in [-0.2, 0) is 9.59 Å². The monoisotopic (exact) mass is 415 g/mol. The molecule has 6 nitrogen and oxygen atoms in total. The van der Waals surface area contributed by atoms with Gasteiger partial charge < -0.3 is 19.8 Å². The molecule has 0 fully saturated rings. The number of carbonyl (C=O) groups is 2. The fourth-order valence-corrected chi connectivity index (χ4v) is 3.82. The first-order chi connectivity index (χ1) is 13.9. The molecule has 0 aromatic heterocycles.